The number of carboxylic acid groups (broad SMARTS) is 1. The summed E-state index contributed by atoms with van der Waals surface area (Å²) in [4.78, 5) is 28.1. The maximum Gasteiger partial charge on any atom is 0.352 e. The number of carboxylic acids is 1. The molecule has 4 aromatic rings. The zero-order valence-electron chi connectivity index (χ0n) is 17.2. The normalized spacial score (nSPS) is 12.3. The minimum Gasteiger partial charge on any atom is -0.477 e. The van der Waals surface area contributed by atoms with Crippen LogP contribution in [0, 0.1) is 6.92 Å². The lowest BCUT2D eigenvalue weighted by Crippen LogP contribution is -2.18. The van der Waals surface area contributed by atoms with Crippen molar-refractivity contribution in [1.82, 2.24) is 9.55 Å². The summed E-state index contributed by atoms with van der Waals surface area (Å²) in [5.74, 6) is -0.966. The van der Waals surface area contributed by atoms with Crippen LogP contribution in [0.5, 0.6) is 0 Å². The monoisotopic (exact) mass is 410 g/mol. The van der Waals surface area contributed by atoms with Gasteiger partial charge in [0.1, 0.15) is 5.69 Å². The third-order valence-corrected chi connectivity index (χ3v) is 5.93. The third-order valence-electron chi connectivity index (χ3n) is 5.93. The molecule has 2 heterocycles. The van der Waals surface area contributed by atoms with E-state index in [-0.39, 0.29) is 11.3 Å². The molecule has 0 fully saturated rings. The minimum absolute atomic E-state index is 0.169. The number of hydrogen-bond acceptors (Lipinski definition) is 2. The Hall–Kier alpha value is -3.86. The lowest BCUT2D eigenvalue weighted by molar-refractivity contribution is 0.0686. The van der Waals surface area contributed by atoms with Gasteiger partial charge in [-0.1, -0.05) is 60.2 Å². The zero-order valence-corrected chi connectivity index (χ0v) is 17.2. The smallest absolute Gasteiger partial charge is 0.352 e. The van der Waals surface area contributed by atoms with Gasteiger partial charge in [-0.2, -0.15) is 0 Å². The quantitative estimate of drug-likeness (QED) is 0.514. The van der Waals surface area contributed by atoms with Crippen LogP contribution in [0.3, 0.4) is 0 Å². The first kappa shape index (κ1) is 19.1. The molecule has 0 amide bonds. The number of aryl methyl sites for hydroxylation is 3. The van der Waals surface area contributed by atoms with Gasteiger partial charge in [-0.15, -0.1) is 0 Å². The first-order valence-corrected chi connectivity index (χ1v) is 10.3. The summed E-state index contributed by atoms with van der Waals surface area (Å²) in [5, 5.41) is 9.85. The number of carbonyl (C=O) groups is 1. The van der Waals surface area contributed by atoms with E-state index in [0.717, 1.165) is 52.0 Å². The molecule has 0 atom stereocenters. The summed E-state index contributed by atoms with van der Waals surface area (Å²) in [6, 6.07) is 21.4. The molecule has 0 spiro atoms. The molecule has 1 aliphatic carbocycles. The molecule has 0 saturated carbocycles. The Labute approximate surface area is 179 Å². The maximum absolute atomic E-state index is 13.0. The molecule has 0 unspecified atom stereocenters. The van der Waals surface area contributed by atoms with Crippen LogP contribution in [0.2, 0.25) is 0 Å². The van der Waals surface area contributed by atoms with E-state index in [1.54, 1.807) is 6.07 Å². The van der Waals surface area contributed by atoms with Crippen molar-refractivity contribution >= 4 is 5.97 Å². The number of benzene rings is 2. The van der Waals surface area contributed by atoms with E-state index in [1.807, 2.05) is 66.1 Å². The van der Waals surface area contributed by atoms with Crippen molar-refractivity contribution in [2.24, 2.45) is 0 Å². The molecule has 0 saturated heterocycles. The van der Waals surface area contributed by atoms with E-state index in [9.17, 15) is 14.7 Å². The van der Waals surface area contributed by atoms with Crippen LogP contribution in [0.1, 0.15) is 32.7 Å². The lowest BCUT2D eigenvalue weighted by Gasteiger charge is -2.21. The second-order valence-electron chi connectivity index (χ2n) is 8.06. The summed E-state index contributed by atoms with van der Waals surface area (Å²) in [6.07, 6.45) is 1.50. The van der Waals surface area contributed by atoms with Crippen LogP contribution < -0.4 is 5.56 Å². The number of nitrogens with one attached hydrogen (secondary N) is 1. The molecule has 0 aliphatic heterocycles. The topological polar surface area (TPSA) is 75.1 Å². The van der Waals surface area contributed by atoms with Gasteiger partial charge in [0.05, 0.1) is 11.4 Å². The number of hydrogen-bond donors (Lipinski definition) is 2. The van der Waals surface area contributed by atoms with E-state index in [1.165, 1.54) is 0 Å². The Balaban J connectivity index is 1.68. The fourth-order valence-electron chi connectivity index (χ4n) is 4.51. The second-order valence-corrected chi connectivity index (χ2v) is 8.06. The highest BCUT2D eigenvalue weighted by molar-refractivity contribution is 5.89. The van der Waals surface area contributed by atoms with Crippen molar-refractivity contribution in [3.63, 3.8) is 0 Å². The first-order valence-electron chi connectivity index (χ1n) is 10.3. The van der Waals surface area contributed by atoms with Crippen molar-refractivity contribution in [2.75, 3.05) is 0 Å². The van der Waals surface area contributed by atoms with Gasteiger partial charge in [-0.05, 0) is 54.2 Å². The molecule has 2 aromatic carbocycles. The van der Waals surface area contributed by atoms with Crippen molar-refractivity contribution in [3.8, 4) is 22.5 Å². The number of aromatic amines is 1. The molecule has 5 rings (SSSR count). The SMILES string of the molecule is Cc1cccc(Cn2c(C(=O)O)cc3c2-c2[nH]c(=O)c(-c4ccccc4)cc2CC3)c1. The molecule has 0 bridgehead atoms. The molecule has 31 heavy (non-hydrogen) atoms. The van der Waals surface area contributed by atoms with Gasteiger partial charge in [0.25, 0.3) is 5.56 Å². The van der Waals surface area contributed by atoms with Gasteiger partial charge in [0.2, 0.25) is 0 Å². The maximum atomic E-state index is 13.0. The van der Waals surface area contributed by atoms with E-state index in [2.05, 4.69) is 11.1 Å². The average Bonchev–Trinajstić information content (AvgIpc) is 3.13. The largest absolute Gasteiger partial charge is 0.477 e. The van der Waals surface area contributed by atoms with Crippen LogP contribution in [0.4, 0.5) is 0 Å². The predicted molar refractivity (Wildman–Crippen MR) is 121 cm³/mol. The van der Waals surface area contributed by atoms with E-state index in [4.69, 9.17) is 0 Å². The summed E-state index contributed by atoms with van der Waals surface area (Å²) < 4.78 is 1.82. The Morgan fingerprint density at radius 2 is 1.77 bits per heavy atom. The third kappa shape index (κ3) is 3.38. The molecular weight excluding hydrogens is 388 g/mol. The van der Waals surface area contributed by atoms with Gasteiger partial charge in [0, 0.05) is 12.1 Å². The van der Waals surface area contributed by atoms with Crippen molar-refractivity contribution < 1.29 is 9.90 Å². The molecule has 0 radical (unpaired) electrons. The van der Waals surface area contributed by atoms with E-state index < -0.39 is 5.97 Å². The fourth-order valence-corrected chi connectivity index (χ4v) is 4.51. The number of rotatable bonds is 4. The second kappa shape index (κ2) is 7.43. The zero-order chi connectivity index (χ0) is 21.5. The minimum atomic E-state index is -0.966. The first-order chi connectivity index (χ1) is 15.0. The number of fused-ring (bicyclic) bond motifs is 3. The summed E-state index contributed by atoms with van der Waals surface area (Å²) >= 11 is 0. The van der Waals surface area contributed by atoms with Crippen molar-refractivity contribution in [2.45, 2.75) is 26.3 Å². The molecule has 2 aromatic heterocycles. The van der Waals surface area contributed by atoms with Crippen LogP contribution in [0.15, 0.2) is 71.5 Å². The number of pyridine rings is 1. The van der Waals surface area contributed by atoms with E-state index >= 15 is 0 Å². The highest BCUT2D eigenvalue weighted by atomic mass is 16.4. The number of aromatic nitrogens is 2. The van der Waals surface area contributed by atoms with Crippen molar-refractivity contribution in [3.05, 3.63) is 105 Å². The standard InChI is InChI=1S/C26H22N2O3/c1-16-6-5-7-17(12-16)15-28-22(26(30)31)14-20-11-10-19-13-21(18-8-3-2-4-9-18)25(29)27-23(19)24(20)28/h2-9,12-14H,10-11,15H2,1H3,(H,27,29)(H,30,31). The summed E-state index contributed by atoms with van der Waals surface area (Å²) in [7, 11) is 0. The molecule has 154 valence electrons. The molecule has 2 N–H and O–H groups in total. The van der Waals surface area contributed by atoms with Crippen molar-refractivity contribution in [1.29, 1.82) is 0 Å². The van der Waals surface area contributed by atoms with Gasteiger partial charge in [-0.25, -0.2) is 4.79 Å². The van der Waals surface area contributed by atoms with Crippen LogP contribution in [0.25, 0.3) is 22.5 Å². The molecule has 1 aliphatic rings. The van der Waals surface area contributed by atoms with Crippen LogP contribution in [-0.2, 0) is 19.4 Å². The number of aromatic carboxylic acids is 1. The van der Waals surface area contributed by atoms with Crippen LogP contribution >= 0.6 is 0 Å². The Kier molecular flexibility index (Phi) is 4.59. The number of H-pyrrole nitrogens is 1. The predicted octanol–water partition coefficient (Wildman–Crippen LogP) is 4.66. The lowest BCUT2D eigenvalue weighted by atomic mass is 9.92. The summed E-state index contributed by atoms with van der Waals surface area (Å²) in [5.41, 5.74) is 7.25. The molecule has 5 nitrogen and oxygen atoms in total. The Morgan fingerprint density at radius 1 is 1.00 bits per heavy atom. The molecule has 5 heteroatoms. The Bertz CT molecular complexity index is 1360. The number of nitrogens with zero attached hydrogens (tertiary/aromatic N) is 1. The van der Waals surface area contributed by atoms with Gasteiger partial charge in [0.15, 0.2) is 0 Å². The van der Waals surface area contributed by atoms with E-state index in [0.29, 0.717) is 12.1 Å². The van der Waals surface area contributed by atoms with Gasteiger partial charge < -0.3 is 14.7 Å². The van der Waals surface area contributed by atoms with Crippen LogP contribution in [-0.4, -0.2) is 20.6 Å². The summed E-state index contributed by atoms with van der Waals surface area (Å²) in [6.45, 7) is 2.45. The highest BCUT2D eigenvalue weighted by Crippen LogP contribution is 2.36. The average molecular weight is 410 g/mol. The molecular formula is C26H22N2O3. The fraction of sp³-hybridized carbons (Fsp3) is 0.154. The van der Waals surface area contributed by atoms with Gasteiger partial charge in [-0.3, -0.25) is 4.79 Å². The highest BCUT2D eigenvalue weighted by Gasteiger charge is 2.27. The Morgan fingerprint density at radius 3 is 2.52 bits per heavy atom. The van der Waals surface area contributed by atoms with Gasteiger partial charge >= 0.3 is 5.97 Å².